The Morgan fingerprint density at radius 1 is 1.18 bits per heavy atom. The molecule has 120 valence electrons. The van der Waals surface area contributed by atoms with Gasteiger partial charge in [0.15, 0.2) is 5.79 Å². The van der Waals surface area contributed by atoms with Gasteiger partial charge in [-0.3, -0.25) is 0 Å². The van der Waals surface area contributed by atoms with Gasteiger partial charge in [0, 0.05) is 37.5 Å². The number of pyridine rings is 1. The van der Waals surface area contributed by atoms with E-state index in [4.69, 9.17) is 9.47 Å². The van der Waals surface area contributed by atoms with Crippen LogP contribution >= 0.6 is 0 Å². The molecule has 2 saturated heterocycles. The van der Waals surface area contributed by atoms with Crippen LogP contribution in [0.2, 0.25) is 0 Å². The predicted octanol–water partition coefficient (Wildman–Crippen LogP) is 3.24. The Labute approximate surface area is 131 Å². The maximum atomic E-state index is 5.77. The van der Waals surface area contributed by atoms with Gasteiger partial charge in [0.25, 0.3) is 0 Å². The van der Waals surface area contributed by atoms with E-state index in [0.29, 0.717) is 0 Å². The molecular weight excluding hydrogens is 278 g/mol. The maximum Gasteiger partial charge on any atom is 0.171 e. The minimum absolute atomic E-state index is 0.308. The van der Waals surface area contributed by atoms with Gasteiger partial charge in [0.05, 0.1) is 25.1 Å². The number of piperidine rings is 1. The van der Waals surface area contributed by atoms with E-state index in [0.717, 1.165) is 44.8 Å². The third-order valence-corrected chi connectivity index (χ3v) is 4.43. The van der Waals surface area contributed by atoms with Gasteiger partial charge in [-0.15, -0.1) is 0 Å². The molecule has 5 heteroatoms. The number of aromatic amines is 1. The standard InChI is InChI=1S/C15H19N3O2.C2H6/c1-11-9-16-14-13(11)8-12(10-17-14)18-4-2-15(3-5-18)19-6-7-20-15;1-2/h8-10H,2-7H2,1H3,(H,16,17);1-2H3. The predicted molar refractivity (Wildman–Crippen MR) is 88.3 cm³/mol. The van der Waals surface area contributed by atoms with Crippen molar-refractivity contribution in [2.75, 3.05) is 31.2 Å². The molecule has 0 aromatic carbocycles. The SMILES string of the molecule is CC.Cc1c[nH]c2ncc(N3CCC4(CC3)OCCO4)cc12. The second kappa shape index (κ2) is 6.26. The molecule has 2 aliphatic rings. The molecule has 0 amide bonds. The van der Waals surface area contributed by atoms with Crippen LogP contribution in [0, 0.1) is 6.92 Å². The summed E-state index contributed by atoms with van der Waals surface area (Å²) in [5, 5.41) is 1.20. The molecule has 0 unspecified atom stereocenters. The highest BCUT2D eigenvalue weighted by Gasteiger charge is 2.39. The van der Waals surface area contributed by atoms with Crippen molar-refractivity contribution in [3.8, 4) is 0 Å². The third kappa shape index (κ3) is 2.71. The van der Waals surface area contributed by atoms with Gasteiger partial charge in [-0.05, 0) is 18.6 Å². The number of nitrogens with one attached hydrogen (secondary N) is 1. The van der Waals surface area contributed by atoms with Crippen LogP contribution in [-0.4, -0.2) is 42.1 Å². The van der Waals surface area contributed by atoms with Crippen molar-refractivity contribution in [2.24, 2.45) is 0 Å². The Morgan fingerprint density at radius 3 is 2.55 bits per heavy atom. The summed E-state index contributed by atoms with van der Waals surface area (Å²) in [7, 11) is 0. The molecule has 5 nitrogen and oxygen atoms in total. The molecule has 22 heavy (non-hydrogen) atoms. The first kappa shape index (κ1) is 15.3. The van der Waals surface area contributed by atoms with Crippen LogP contribution in [0.25, 0.3) is 11.0 Å². The number of hydrogen-bond acceptors (Lipinski definition) is 4. The van der Waals surface area contributed by atoms with Crippen LogP contribution in [0.4, 0.5) is 5.69 Å². The summed E-state index contributed by atoms with van der Waals surface area (Å²) >= 11 is 0. The fourth-order valence-electron chi connectivity index (χ4n) is 3.19. The number of H-pyrrole nitrogens is 1. The Bertz CT molecular complexity index is 622. The van der Waals surface area contributed by atoms with Gasteiger partial charge >= 0.3 is 0 Å². The number of rotatable bonds is 1. The summed E-state index contributed by atoms with van der Waals surface area (Å²) in [5.41, 5.74) is 3.39. The van der Waals surface area contributed by atoms with Crippen LogP contribution in [0.3, 0.4) is 0 Å². The average Bonchev–Trinajstić information content (AvgIpc) is 3.18. The van der Waals surface area contributed by atoms with Crippen molar-refractivity contribution >= 4 is 16.7 Å². The van der Waals surface area contributed by atoms with Gasteiger partial charge in [-0.25, -0.2) is 4.98 Å². The number of aromatic nitrogens is 2. The van der Waals surface area contributed by atoms with Gasteiger partial charge in [-0.2, -0.15) is 0 Å². The summed E-state index contributed by atoms with van der Waals surface area (Å²) in [6.45, 7) is 9.48. The zero-order valence-corrected chi connectivity index (χ0v) is 13.7. The van der Waals surface area contributed by atoms with Crippen LogP contribution < -0.4 is 4.90 Å². The fourth-order valence-corrected chi connectivity index (χ4v) is 3.19. The lowest BCUT2D eigenvalue weighted by molar-refractivity contribution is -0.169. The number of nitrogens with zero attached hydrogens (tertiary/aromatic N) is 2. The number of fused-ring (bicyclic) bond motifs is 1. The van der Waals surface area contributed by atoms with Gasteiger partial charge in [0.1, 0.15) is 5.65 Å². The van der Waals surface area contributed by atoms with E-state index >= 15 is 0 Å². The summed E-state index contributed by atoms with van der Waals surface area (Å²) in [4.78, 5) is 10.1. The lowest BCUT2D eigenvalue weighted by atomic mass is 10.0. The quantitative estimate of drug-likeness (QED) is 0.878. The Hall–Kier alpha value is -1.59. The molecule has 2 aromatic heterocycles. The molecule has 0 aliphatic carbocycles. The van der Waals surface area contributed by atoms with E-state index in [1.165, 1.54) is 16.6 Å². The maximum absolute atomic E-state index is 5.77. The molecule has 1 N–H and O–H groups in total. The molecule has 4 heterocycles. The Morgan fingerprint density at radius 2 is 1.86 bits per heavy atom. The van der Waals surface area contributed by atoms with E-state index in [-0.39, 0.29) is 5.79 Å². The number of hydrogen-bond donors (Lipinski definition) is 1. The second-order valence-electron chi connectivity index (χ2n) is 5.66. The monoisotopic (exact) mass is 303 g/mol. The number of anilines is 1. The molecule has 0 atom stereocenters. The summed E-state index contributed by atoms with van der Waals surface area (Å²) in [5.74, 6) is -0.308. The number of ether oxygens (including phenoxy) is 2. The average molecular weight is 303 g/mol. The van der Waals surface area contributed by atoms with E-state index in [9.17, 15) is 0 Å². The lowest BCUT2D eigenvalue weighted by Crippen LogP contribution is -2.45. The molecule has 2 aromatic rings. The van der Waals surface area contributed by atoms with E-state index in [2.05, 4.69) is 27.9 Å². The zero-order valence-electron chi connectivity index (χ0n) is 13.7. The minimum Gasteiger partial charge on any atom is -0.370 e. The summed E-state index contributed by atoms with van der Waals surface area (Å²) in [6, 6.07) is 2.22. The van der Waals surface area contributed by atoms with Gasteiger partial charge in [0.2, 0.25) is 0 Å². The van der Waals surface area contributed by atoms with E-state index in [1.54, 1.807) is 0 Å². The molecule has 2 fully saturated rings. The van der Waals surface area contributed by atoms with Gasteiger partial charge in [-0.1, -0.05) is 13.8 Å². The zero-order chi connectivity index (χ0) is 15.6. The van der Waals surface area contributed by atoms with Crippen molar-refractivity contribution in [2.45, 2.75) is 39.4 Å². The smallest absolute Gasteiger partial charge is 0.171 e. The van der Waals surface area contributed by atoms with Crippen LogP contribution in [0.1, 0.15) is 32.3 Å². The third-order valence-electron chi connectivity index (χ3n) is 4.43. The second-order valence-corrected chi connectivity index (χ2v) is 5.66. The molecule has 1 spiro atoms. The molecular formula is C17H25N3O2. The van der Waals surface area contributed by atoms with Crippen molar-refractivity contribution in [3.05, 3.63) is 24.0 Å². The summed E-state index contributed by atoms with van der Waals surface area (Å²) < 4.78 is 11.5. The first-order chi connectivity index (χ1) is 10.8. The molecule has 4 rings (SSSR count). The highest BCUT2D eigenvalue weighted by Crippen LogP contribution is 2.33. The van der Waals surface area contributed by atoms with E-state index in [1.807, 2.05) is 26.2 Å². The Balaban J connectivity index is 0.000000693. The van der Waals surface area contributed by atoms with Crippen molar-refractivity contribution in [1.82, 2.24) is 9.97 Å². The molecule has 0 saturated carbocycles. The van der Waals surface area contributed by atoms with Crippen molar-refractivity contribution in [3.63, 3.8) is 0 Å². The fraction of sp³-hybridized carbons (Fsp3) is 0.588. The lowest BCUT2D eigenvalue weighted by Gasteiger charge is -2.38. The molecule has 0 radical (unpaired) electrons. The highest BCUT2D eigenvalue weighted by molar-refractivity contribution is 5.82. The van der Waals surface area contributed by atoms with Gasteiger partial charge < -0.3 is 19.4 Å². The topological polar surface area (TPSA) is 50.4 Å². The summed E-state index contributed by atoms with van der Waals surface area (Å²) in [6.07, 6.45) is 5.81. The number of aryl methyl sites for hydroxylation is 1. The minimum atomic E-state index is -0.308. The van der Waals surface area contributed by atoms with Crippen molar-refractivity contribution < 1.29 is 9.47 Å². The highest BCUT2D eigenvalue weighted by atomic mass is 16.7. The first-order valence-electron chi connectivity index (χ1n) is 8.22. The van der Waals surface area contributed by atoms with Crippen LogP contribution in [0.5, 0.6) is 0 Å². The van der Waals surface area contributed by atoms with Crippen LogP contribution in [0.15, 0.2) is 18.5 Å². The van der Waals surface area contributed by atoms with E-state index < -0.39 is 0 Å². The Kier molecular flexibility index (Phi) is 4.36. The molecule has 0 bridgehead atoms. The normalized spacial score (nSPS) is 20.2. The first-order valence-corrected chi connectivity index (χ1v) is 8.22. The molecule has 2 aliphatic heterocycles. The largest absolute Gasteiger partial charge is 0.370 e. The van der Waals surface area contributed by atoms with Crippen molar-refractivity contribution in [1.29, 1.82) is 0 Å². The van der Waals surface area contributed by atoms with Crippen LogP contribution in [-0.2, 0) is 9.47 Å².